The highest BCUT2D eigenvalue weighted by atomic mass is 32.2. The van der Waals surface area contributed by atoms with Crippen LogP contribution in [0.2, 0.25) is 0 Å². The van der Waals surface area contributed by atoms with Crippen molar-refractivity contribution in [1.82, 2.24) is 29.1 Å². The third kappa shape index (κ3) is 9.37. The van der Waals surface area contributed by atoms with E-state index >= 15 is 0 Å². The van der Waals surface area contributed by atoms with Gasteiger partial charge in [0.15, 0.2) is 5.16 Å². The molecule has 13 heteroatoms. The lowest BCUT2D eigenvalue weighted by atomic mass is 10.00. The fraction of sp³-hybridized carbons (Fsp3) is 0.333. The van der Waals surface area contributed by atoms with Crippen molar-refractivity contribution in [3.8, 4) is 11.1 Å². The van der Waals surface area contributed by atoms with Crippen LogP contribution in [0.1, 0.15) is 47.6 Å². The van der Waals surface area contributed by atoms with Crippen molar-refractivity contribution in [2.75, 3.05) is 19.6 Å². The smallest absolute Gasteiger partial charge is 0.334 e. The molecule has 6 rings (SSSR count). The largest absolute Gasteiger partial charge is 0.416 e. The van der Waals surface area contributed by atoms with E-state index in [4.69, 9.17) is 0 Å². The zero-order valence-electron chi connectivity index (χ0n) is 29.0. The summed E-state index contributed by atoms with van der Waals surface area (Å²) in [6.45, 7) is 5.09. The highest BCUT2D eigenvalue weighted by Crippen LogP contribution is 2.31. The van der Waals surface area contributed by atoms with Gasteiger partial charge in [0, 0.05) is 62.9 Å². The molecular weight excluding hydrogens is 693 g/mol. The van der Waals surface area contributed by atoms with E-state index in [1.807, 2.05) is 35.4 Å². The molecule has 0 unspecified atom stereocenters. The molecule has 0 saturated carbocycles. The van der Waals surface area contributed by atoms with Gasteiger partial charge in [-0.3, -0.25) is 14.3 Å². The Balaban J connectivity index is 1.26. The summed E-state index contributed by atoms with van der Waals surface area (Å²) in [5.41, 5.74) is 3.38. The number of hydrogen-bond donors (Lipinski definition) is 0. The highest BCUT2D eigenvalue weighted by molar-refractivity contribution is 7.98. The molecule has 272 valence electrons. The molecule has 0 spiro atoms. The molecule has 0 radical (unpaired) electrons. The van der Waals surface area contributed by atoms with Crippen LogP contribution in [-0.4, -0.2) is 60.7 Å². The number of rotatable bonds is 12. The molecule has 1 amide bonds. The molecule has 52 heavy (non-hydrogen) atoms. The molecule has 1 aliphatic heterocycles. The molecule has 3 heterocycles. The number of aromatic nitrogens is 4. The van der Waals surface area contributed by atoms with Gasteiger partial charge in [0.25, 0.3) is 5.56 Å². The van der Waals surface area contributed by atoms with E-state index in [9.17, 15) is 27.2 Å². The van der Waals surface area contributed by atoms with Gasteiger partial charge in [0.05, 0.1) is 11.8 Å². The van der Waals surface area contributed by atoms with Gasteiger partial charge in [-0.15, -0.1) is 0 Å². The van der Waals surface area contributed by atoms with Gasteiger partial charge in [-0.05, 0) is 71.5 Å². The standard InChI is InChI=1S/C39H40F4N6O2S/c1-3-47-18-16-35(17-19-47)49(23-27-4-8-30(9-5-27)31-10-12-33(13-11-31)39(41,42)43)36(50)25-48-24-32(20-29-21-44-46(2)22-29)37(51)45-38(48)52-26-28-6-14-34(40)15-7-28/h4-15,21-22,24,35H,3,16-20,23,25-26H2,1-2H3. The van der Waals surface area contributed by atoms with Crippen LogP contribution in [0.5, 0.6) is 0 Å². The predicted molar refractivity (Wildman–Crippen MR) is 193 cm³/mol. The van der Waals surface area contributed by atoms with Crippen molar-refractivity contribution >= 4 is 17.7 Å². The van der Waals surface area contributed by atoms with Gasteiger partial charge >= 0.3 is 6.18 Å². The summed E-state index contributed by atoms with van der Waals surface area (Å²) in [7, 11) is 1.80. The maximum Gasteiger partial charge on any atom is 0.416 e. The minimum atomic E-state index is -4.40. The molecule has 3 aromatic carbocycles. The molecule has 2 aromatic heterocycles. The van der Waals surface area contributed by atoms with Gasteiger partial charge in [0.1, 0.15) is 12.4 Å². The quantitative estimate of drug-likeness (QED) is 0.0768. The van der Waals surface area contributed by atoms with Crippen LogP contribution in [0.3, 0.4) is 0 Å². The third-order valence-electron chi connectivity index (χ3n) is 9.39. The lowest BCUT2D eigenvalue weighted by Crippen LogP contribution is -2.48. The number of halogens is 4. The van der Waals surface area contributed by atoms with Crippen LogP contribution >= 0.6 is 11.8 Å². The van der Waals surface area contributed by atoms with Crippen molar-refractivity contribution in [2.24, 2.45) is 7.05 Å². The predicted octanol–water partition coefficient (Wildman–Crippen LogP) is 7.20. The van der Waals surface area contributed by atoms with E-state index in [-0.39, 0.29) is 29.9 Å². The number of carbonyl (C=O) groups excluding carboxylic acids is 1. The van der Waals surface area contributed by atoms with E-state index in [2.05, 4.69) is 21.9 Å². The highest BCUT2D eigenvalue weighted by Gasteiger charge is 2.30. The number of nitrogens with zero attached hydrogens (tertiary/aromatic N) is 6. The van der Waals surface area contributed by atoms with E-state index in [1.54, 1.807) is 40.8 Å². The minimum absolute atomic E-state index is 0.0117. The lowest BCUT2D eigenvalue weighted by molar-refractivity contribution is -0.138. The average molecular weight is 733 g/mol. The van der Waals surface area contributed by atoms with Crippen LogP contribution in [-0.2, 0) is 43.3 Å². The van der Waals surface area contributed by atoms with Crippen molar-refractivity contribution in [3.05, 3.63) is 135 Å². The number of alkyl halides is 3. The summed E-state index contributed by atoms with van der Waals surface area (Å²) in [6.07, 6.45) is 2.76. The van der Waals surface area contributed by atoms with Crippen LogP contribution in [0.4, 0.5) is 17.6 Å². The summed E-state index contributed by atoms with van der Waals surface area (Å²) in [6, 6.07) is 18.7. The number of likely N-dealkylation sites (tertiary alicyclic amines) is 1. The number of carbonyl (C=O) groups is 1. The average Bonchev–Trinajstić information content (AvgIpc) is 3.56. The molecule has 0 bridgehead atoms. The van der Waals surface area contributed by atoms with E-state index in [0.717, 1.165) is 66.9 Å². The Labute approximate surface area is 304 Å². The maximum atomic E-state index is 14.4. The lowest BCUT2D eigenvalue weighted by Gasteiger charge is -2.38. The molecule has 0 N–H and O–H groups in total. The molecule has 1 fully saturated rings. The first kappa shape index (κ1) is 37.0. The molecule has 8 nitrogen and oxygen atoms in total. The molecule has 0 aliphatic carbocycles. The Morgan fingerprint density at radius 3 is 2.13 bits per heavy atom. The van der Waals surface area contributed by atoms with Crippen LogP contribution in [0, 0.1) is 5.82 Å². The molecule has 5 aromatic rings. The Kier molecular flexibility index (Phi) is 11.6. The van der Waals surface area contributed by atoms with Crippen LogP contribution < -0.4 is 5.56 Å². The maximum absolute atomic E-state index is 14.4. The SMILES string of the molecule is CCN1CCC(N(Cc2ccc(-c3ccc(C(F)(F)F)cc3)cc2)C(=O)Cn2cc(Cc3cnn(C)c3)c(=O)nc2SCc2ccc(F)cc2)CC1. The number of amides is 1. The monoisotopic (exact) mass is 732 g/mol. The summed E-state index contributed by atoms with van der Waals surface area (Å²) in [4.78, 5) is 36.4. The van der Waals surface area contributed by atoms with Gasteiger partial charge < -0.3 is 14.4 Å². The van der Waals surface area contributed by atoms with Crippen LogP contribution in [0.15, 0.2) is 101 Å². The second-order valence-corrected chi connectivity index (χ2v) is 14.0. The zero-order valence-corrected chi connectivity index (χ0v) is 29.8. The zero-order chi connectivity index (χ0) is 36.8. The van der Waals surface area contributed by atoms with E-state index in [1.165, 1.54) is 36.0 Å². The first-order valence-electron chi connectivity index (χ1n) is 17.2. The number of piperidine rings is 1. The topological polar surface area (TPSA) is 76.3 Å². The first-order chi connectivity index (χ1) is 24.9. The van der Waals surface area contributed by atoms with E-state index in [0.29, 0.717) is 35.0 Å². The minimum Gasteiger partial charge on any atom is -0.334 e. The first-order valence-corrected chi connectivity index (χ1v) is 18.2. The molecule has 1 saturated heterocycles. The number of thioether (sulfide) groups is 1. The Bertz CT molecular complexity index is 2020. The van der Waals surface area contributed by atoms with Gasteiger partial charge in [-0.1, -0.05) is 67.2 Å². The Morgan fingerprint density at radius 2 is 1.54 bits per heavy atom. The molecule has 1 aliphatic rings. The second-order valence-electron chi connectivity index (χ2n) is 13.1. The van der Waals surface area contributed by atoms with Crippen molar-refractivity contribution in [1.29, 1.82) is 0 Å². The number of benzene rings is 3. The molecule has 0 atom stereocenters. The summed E-state index contributed by atoms with van der Waals surface area (Å²) in [5.74, 6) is -0.0377. The number of hydrogen-bond acceptors (Lipinski definition) is 6. The Morgan fingerprint density at radius 1 is 0.904 bits per heavy atom. The van der Waals surface area contributed by atoms with Gasteiger partial charge in [-0.25, -0.2) is 4.39 Å². The van der Waals surface area contributed by atoms with Crippen molar-refractivity contribution in [3.63, 3.8) is 0 Å². The van der Waals surface area contributed by atoms with Gasteiger partial charge in [0.2, 0.25) is 5.91 Å². The van der Waals surface area contributed by atoms with Crippen molar-refractivity contribution < 1.29 is 22.4 Å². The van der Waals surface area contributed by atoms with Gasteiger partial charge in [-0.2, -0.15) is 23.3 Å². The summed E-state index contributed by atoms with van der Waals surface area (Å²) >= 11 is 1.31. The van der Waals surface area contributed by atoms with Crippen LogP contribution in [0.25, 0.3) is 11.1 Å². The Hall–Kier alpha value is -4.75. The third-order valence-corrected chi connectivity index (χ3v) is 10.4. The summed E-state index contributed by atoms with van der Waals surface area (Å²) in [5, 5.41) is 4.60. The summed E-state index contributed by atoms with van der Waals surface area (Å²) < 4.78 is 56.2. The molecular formula is C39H40F4N6O2S. The normalized spacial score (nSPS) is 14.1. The number of aryl methyl sites for hydroxylation is 1. The van der Waals surface area contributed by atoms with E-state index < -0.39 is 11.7 Å². The fourth-order valence-electron chi connectivity index (χ4n) is 6.44. The fourth-order valence-corrected chi connectivity index (χ4v) is 7.36. The van der Waals surface area contributed by atoms with Crippen molar-refractivity contribution in [2.45, 2.75) is 62.4 Å². The second kappa shape index (κ2) is 16.3.